The Morgan fingerprint density at radius 2 is 2.11 bits per heavy atom. The van der Waals surface area contributed by atoms with Gasteiger partial charge in [-0.25, -0.2) is 9.97 Å². The van der Waals surface area contributed by atoms with Crippen molar-refractivity contribution in [1.82, 2.24) is 19.1 Å². The van der Waals surface area contributed by atoms with Crippen molar-refractivity contribution in [3.05, 3.63) is 45.6 Å². The van der Waals surface area contributed by atoms with E-state index in [9.17, 15) is 4.79 Å². The molecule has 102 valence electrons. The minimum Gasteiger partial charge on any atom is -0.333 e. The Bertz CT molecular complexity index is 630. The lowest BCUT2D eigenvalue weighted by Gasteiger charge is -2.15. The van der Waals surface area contributed by atoms with E-state index in [0.717, 1.165) is 11.6 Å². The highest BCUT2D eigenvalue weighted by molar-refractivity contribution is 6.29. The van der Waals surface area contributed by atoms with E-state index < -0.39 is 0 Å². The SMILES string of the molecule is Cc1nccn1CCn1c(C(C)C)nc(Cl)cc1=O. The summed E-state index contributed by atoms with van der Waals surface area (Å²) in [6.45, 7) is 7.18. The van der Waals surface area contributed by atoms with Crippen LogP contribution in [0.15, 0.2) is 23.3 Å². The standard InChI is InChI=1S/C13H17ClN4O/c1-9(2)13-16-11(14)8-12(19)18(13)7-6-17-5-4-15-10(17)3/h4-5,8-9H,6-7H2,1-3H3. The van der Waals surface area contributed by atoms with Crippen LogP contribution in [0.5, 0.6) is 0 Å². The van der Waals surface area contributed by atoms with Crippen LogP contribution in [-0.4, -0.2) is 19.1 Å². The van der Waals surface area contributed by atoms with E-state index >= 15 is 0 Å². The molecule has 0 aromatic carbocycles. The highest BCUT2D eigenvalue weighted by atomic mass is 35.5. The Labute approximate surface area is 116 Å². The second kappa shape index (κ2) is 5.57. The van der Waals surface area contributed by atoms with E-state index in [1.165, 1.54) is 6.07 Å². The fraction of sp³-hybridized carbons (Fsp3) is 0.462. The second-order valence-electron chi connectivity index (χ2n) is 4.75. The molecule has 0 aliphatic rings. The summed E-state index contributed by atoms with van der Waals surface area (Å²) in [7, 11) is 0. The smallest absolute Gasteiger partial charge is 0.255 e. The van der Waals surface area contributed by atoms with Crippen LogP contribution in [0, 0.1) is 6.92 Å². The molecule has 0 aliphatic heterocycles. The van der Waals surface area contributed by atoms with Gasteiger partial charge >= 0.3 is 0 Å². The molecule has 0 N–H and O–H groups in total. The molecule has 19 heavy (non-hydrogen) atoms. The number of imidazole rings is 1. The van der Waals surface area contributed by atoms with Gasteiger partial charge in [-0.1, -0.05) is 25.4 Å². The first-order chi connectivity index (χ1) is 8.99. The molecule has 0 unspecified atom stereocenters. The van der Waals surface area contributed by atoms with Gasteiger partial charge in [-0.05, 0) is 6.92 Å². The lowest BCUT2D eigenvalue weighted by atomic mass is 10.2. The van der Waals surface area contributed by atoms with E-state index in [-0.39, 0.29) is 16.6 Å². The van der Waals surface area contributed by atoms with Crippen LogP contribution in [-0.2, 0) is 13.1 Å². The second-order valence-corrected chi connectivity index (χ2v) is 5.14. The average Bonchev–Trinajstić information content (AvgIpc) is 2.73. The summed E-state index contributed by atoms with van der Waals surface area (Å²) < 4.78 is 3.68. The van der Waals surface area contributed by atoms with Gasteiger partial charge in [-0.15, -0.1) is 0 Å². The molecule has 0 bridgehead atoms. The van der Waals surface area contributed by atoms with Gasteiger partial charge in [0.15, 0.2) is 0 Å². The van der Waals surface area contributed by atoms with Crippen molar-refractivity contribution >= 4 is 11.6 Å². The minimum atomic E-state index is -0.110. The molecule has 6 heteroatoms. The van der Waals surface area contributed by atoms with Gasteiger partial charge < -0.3 is 4.57 Å². The van der Waals surface area contributed by atoms with Crippen molar-refractivity contribution in [2.75, 3.05) is 0 Å². The number of nitrogens with zero attached hydrogens (tertiary/aromatic N) is 4. The van der Waals surface area contributed by atoms with E-state index in [2.05, 4.69) is 9.97 Å². The zero-order chi connectivity index (χ0) is 14.0. The topological polar surface area (TPSA) is 52.7 Å². The van der Waals surface area contributed by atoms with Gasteiger partial charge in [0.25, 0.3) is 5.56 Å². The summed E-state index contributed by atoms with van der Waals surface area (Å²) in [5, 5.41) is 0.253. The van der Waals surface area contributed by atoms with Crippen molar-refractivity contribution in [1.29, 1.82) is 0 Å². The summed E-state index contributed by atoms with van der Waals surface area (Å²) in [6.07, 6.45) is 3.65. The minimum absolute atomic E-state index is 0.110. The Morgan fingerprint density at radius 1 is 1.37 bits per heavy atom. The van der Waals surface area contributed by atoms with Gasteiger partial charge in [0.05, 0.1) is 0 Å². The summed E-state index contributed by atoms with van der Waals surface area (Å²) in [5.74, 6) is 1.80. The molecule has 0 spiro atoms. The highest BCUT2D eigenvalue weighted by Gasteiger charge is 2.11. The molecule has 2 aromatic heterocycles. The predicted molar refractivity (Wildman–Crippen MR) is 74.6 cm³/mol. The Hall–Kier alpha value is -1.62. The average molecular weight is 281 g/mol. The van der Waals surface area contributed by atoms with Gasteiger partial charge in [0, 0.05) is 37.5 Å². The predicted octanol–water partition coefficient (Wildman–Crippen LogP) is 2.23. The Balaban J connectivity index is 2.29. The summed E-state index contributed by atoms with van der Waals surface area (Å²) >= 11 is 5.85. The summed E-state index contributed by atoms with van der Waals surface area (Å²) in [6, 6.07) is 1.36. The lowest BCUT2D eigenvalue weighted by Crippen LogP contribution is -2.27. The van der Waals surface area contributed by atoms with Crippen LogP contribution in [0.25, 0.3) is 0 Å². The maximum atomic E-state index is 12.0. The van der Waals surface area contributed by atoms with E-state index in [0.29, 0.717) is 13.1 Å². The third-order valence-electron chi connectivity index (χ3n) is 3.01. The molecule has 0 fully saturated rings. The molecule has 5 nitrogen and oxygen atoms in total. The van der Waals surface area contributed by atoms with Crippen LogP contribution in [0.4, 0.5) is 0 Å². The maximum absolute atomic E-state index is 12.0. The third kappa shape index (κ3) is 3.04. The van der Waals surface area contributed by atoms with E-state index in [4.69, 9.17) is 11.6 Å². The van der Waals surface area contributed by atoms with Crippen LogP contribution in [0.1, 0.15) is 31.4 Å². The molecule has 2 heterocycles. The first-order valence-corrected chi connectivity index (χ1v) is 6.62. The molecule has 0 atom stereocenters. The zero-order valence-corrected chi connectivity index (χ0v) is 12.1. The number of aryl methyl sites for hydroxylation is 2. The monoisotopic (exact) mass is 280 g/mol. The fourth-order valence-electron chi connectivity index (χ4n) is 2.01. The van der Waals surface area contributed by atoms with Crippen molar-refractivity contribution in [3.8, 4) is 0 Å². The van der Waals surface area contributed by atoms with Gasteiger partial charge in [-0.2, -0.15) is 0 Å². The quantitative estimate of drug-likeness (QED) is 0.807. The van der Waals surface area contributed by atoms with Crippen LogP contribution < -0.4 is 5.56 Å². The first kappa shape index (κ1) is 13.8. The molecular formula is C13H17ClN4O. The first-order valence-electron chi connectivity index (χ1n) is 6.24. The number of hydrogen-bond acceptors (Lipinski definition) is 3. The van der Waals surface area contributed by atoms with Gasteiger partial charge in [0.1, 0.15) is 16.8 Å². The van der Waals surface area contributed by atoms with Crippen molar-refractivity contribution in [2.45, 2.75) is 39.8 Å². The molecule has 0 aliphatic carbocycles. The third-order valence-corrected chi connectivity index (χ3v) is 3.20. The fourth-order valence-corrected chi connectivity index (χ4v) is 2.19. The molecule has 0 saturated carbocycles. The zero-order valence-electron chi connectivity index (χ0n) is 11.3. The molecule has 2 aromatic rings. The van der Waals surface area contributed by atoms with Crippen LogP contribution in [0.2, 0.25) is 5.15 Å². The number of hydrogen-bond donors (Lipinski definition) is 0. The van der Waals surface area contributed by atoms with Gasteiger partial charge in [-0.3, -0.25) is 9.36 Å². The van der Waals surface area contributed by atoms with E-state index in [1.807, 2.05) is 31.5 Å². The number of aromatic nitrogens is 4. The van der Waals surface area contributed by atoms with Crippen LogP contribution >= 0.6 is 11.6 Å². The van der Waals surface area contributed by atoms with Crippen LogP contribution in [0.3, 0.4) is 0 Å². The van der Waals surface area contributed by atoms with E-state index in [1.54, 1.807) is 10.8 Å². The molecule has 0 amide bonds. The molecule has 2 rings (SSSR count). The summed E-state index contributed by atoms with van der Waals surface area (Å²) in [5.41, 5.74) is -0.110. The van der Waals surface area contributed by atoms with Crippen molar-refractivity contribution in [3.63, 3.8) is 0 Å². The number of halogens is 1. The highest BCUT2D eigenvalue weighted by Crippen LogP contribution is 2.13. The molecule has 0 radical (unpaired) electrons. The lowest BCUT2D eigenvalue weighted by molar-refractivity contribution is 0.515. The maximum Gasteiger partial charge on any atom is 0.255 e. The molecular weight excluding hydrogens is 264 g/mol. The Kier molecular flexibility index (Phi) is 4.04. The largest absolute Gasteiger partial charge is 0.333 e. The Morgan fingerprint density at radius 3 is 2.68 bits per heavy atom. The molecule has 0 saturated heterocycles. The van der Waals surface area contributed by atoms with Gasteiger partial charge in [0.2, 0.25) is 0 Å². The van der Waals surface area contributed by atoms with Crippen molar-refractivity contribution < 1.29 is 0 Å². The normalized spacial score (nSPS) is 11.2. The summed E-state index contributed by atoms with van der Waals surface area (Å²) in [4.78, 5) is 20.4. The number of rotatable bonds is 4. The van der Waals surface area contributed by atoms with Crippen molar-refractivity contribution in [2.24, 2.45) is 0 Å².